The van der Waals surface area contributed by atoms with Gasteiger partial charge < -0.3 is 4.57 Å². The van der Waals surface area contributed by atoms with Gasteiger partial charge in [-0.15, -0.1) is 5.10 Å². The maximum atomic E-state index is 13.2. The maximum Gasteiger partial charge on any atom is 0.231 e. The topological polar surface area (TPSA) is 68.0 Å². The Morgan fingerprint density at radius 3 is 2.71 bits per heavy atom. The zero-order chi connectivity index (χ0) is 21.5. The second kappa shape index (κ2) is 7.70. The average molecular weight is 434 g/mol. The van der Waals surface area contributed by atoms with Crippen molar-refractivity contribution in [3.05, 3.63) is 82.9 Å². The number of hydrogen-bond acceptors (Lipinski definition) is 4. The van der Waals surface area contributed by atoms with Crippen LogP contribution in [-0.2, 0) is 6.54 Å². The lowest BCUT2D eigenvalue weighted by Gasteiger charge is -2.10. The number of nitrogens with one attached hydrogen (secondary N) is 1. The molecule has 6 nitrogen and oxygen atoms in total. The second-order valence-electron chi connectivity index (χ2n) is 7.47. The van der Waals surface area contributed by atoms with Gasteiger partial charge in [0.1, 0.15) is 5.82 Å². The average Bonchev–Trinajstić information content (AvgIpc) is 3.41. The van der Waals surface area contributed by atoms with Crippen molar-refractivity contribution >= 4 is 34.4 Å². The third-order valence-electron chi connectivity index (χ3n) is 5.46. The lowest BCUT2D eigenvalue weighted by atomic mass is 10.2. The highest BCUT2D eigenvalue weighted by atomic mass is 32.2. The van der Waals surface area contributed by atoms with E-state index in [1.807, 2.05) is 48.6 Å². The Morgan fingerprint density at radius 1 is 1.13 bits per heavy atom. The number of halogens is 1. The minimum Gasteiger partial charge on any atom is -0.344 e. The van der Waals surface area contributed by atoms with Crippen LogP contribution in [0.25, 0.3) is 16.8 Å². The fourth-order valence-corrected chi connectivity index (χ4v) is 4.69. The van der Waals surface area contributed by atoms with Crippen LogP contribution in [0.1, 0.15) is 27.3 Å². The summed E-state index contributed by atoms with van der Waals surface area (Å²) in [6.45, 7) is 4.53. The van der Waals surface area contributed by atoms with E-state index in [0.717, 1.165) is 28.0 Å². The van der Waals surface area contributed by atoms with E-state index in [-0.39, 0.29) is 17.4 Å². The van der Waals surface area contributed by atoms with E-state index in [1.54, 1.807) is 12.1 Å². The molecule has 0 atom stereocenters. The number of para-hydroxylation sites is 2. The van der Waals surface area contributed by atoms with Crippen LogP contribution in [0.15, 0.2) is 59.8 Å². The summed E-state index contributed by atoms with van der Waals surface area (Å²) in [5.41, 5.74) is 5.44. The monoisotopic (exact) mass is 433 g/mol. The third-order valence-corrected chi connectivity index (χ3v) is 6.40. The first-order valence-corrected chi connectivity index (χ1v) is 10.9. The van der Waals surface area contributed by atoms with Crippen molar-refractivity contribution in [2.45, 2.75) is 25.5 Å². The molecule has 5 rings (SSSR count). The number of ketones is 1. The van der Waals surface area contributed by atoms with Gasteiger partial charge in [0.25, 0.3) is 0 Å². The van der Waals surface area contributed by atoms with Crippen molar-refractivity contribution in [1.29, 1.82) is 0 Å². The number of fused-ring (bicyclic) bond motifs is 3. The summed E-state index contributed by atoms with van der Waals surface area (Å²) in [5.74, 6) is 0.723. The number of H-pyrrole nitrogens is 1. The smallest absolute Gasteiger partial charge is 0.231 e. The van der Waals surface area contributed by atoms with Gasteiger partial charge in [-0.2, -0.15) is 0 Å². The molecule has 156 valence electrons. The quantitative estimate of drug-likeness (QED) is 0.309. The molecule has 0 fully saturated rings. The molecule has 0 bridgehead atoms. The molecule has 0 aliphatic carbocycles. The molecule has 0 amide bonds. The molecule has 0 spiro atoms. The van der Waals surface area contributed by atoms with E-state index >= 15 is 0 Å². The minimum atomic E-state index is -0.254. The van der Waals surface area contributed by atoms with Crippen molar-refractivity contribution < 1.29 is 9.18 Å². The van der Waals surface area contributed by atoms with Crippen LogP contribution in [0.2, 0.25) is 0 Å². The lowest BCUT2D eigenvalue weighted by Crippen LogP contribution is -2.08. The fraction of sp³-hybridized carbons (Fsp3) is 0.174. The number of hydrogen-bond donors (Lipinski definition) is 1. The fourth-order valence-electron chi connectivity index (χ4n) is 3.85. The molecule has 2 aromatic carbocycles. The highest BCUT2D eigenvalue weighted by Crippen LogP contribution is 2.25. The molecule has 5 aromatic rings. The SMILES string of the molecule is Cc1cc(C(=O)CSc2n[nH]c3nc4ccccc4n23)c(C)n1Cc1ccc(F)cc1. The van der Waals surface area contributed by atoms with Gasteiger partial charge in [-0.05, 0) is 49.7 Å². The van der Waals surface area contributed by atoms with Crippen LogP contribution in [0.4, 0.5) is 4.39 Å². The Morgan fingerprint density at radius 2 is 1.90 bits per heavy atom. The summed E-state index contributed by atoms with van der Waals surface area (Å²) in [5, 5.41) is 7.97. The summed E-state index contributed by atoms with van der Waals surface area (Å²) in [6.07, 6.45) is 0. The van der Waals surface area contributed by atoms with Crippen LogP contribution in [-0.4, -0.2) is 35.7 Å². The number of carbonyl (C=O) groups is 1. The largest absolute Gasteiger partial charge is 0.344 e. The summed E-state index contributed by atoms with van der Waals surface area (Å²) in [4.78, 5) is 17.5. The maximum absolute atomic E-state index is 13.2. The molecule has 0 aliphatic heterocycles. The first kappa shape index (κ1) is 19.6. The predicted molar refractivity (Wildman–Crippen MR) is 119 cm³/mol. The van der Waals surface area contributed by atoms with Crippen LogP contribution >= 0.6 is 11.8 Å². The van der Waals surface area contributed by atoms with Crippen LogP contribution < -0.4 is 0 Å². The van der Waals surface area contributed by atoms with Gasteiger partial charge in [0, 0.05) is 23.5 Å². The number of aryl methyl sites for hydroxylation is 1. The number of imidazole rings is 1. The first-order chi connectivity index (χ1) is 15.0. The van der Waals surface area contributed by atoms with E-state index in [2.05, 4.69) is 19.7 Å². The summed E-state index contributed by atoms with van der Waals surface area (Å²) in [6, 6.07) is 16.2. The number of benzene rings is 2. The van der Waals surface area contributed by atoms with Gasteiger partial charge >= 0.3 is 0 Å². The Labute approximate surface area is 182 Å². The molecule has 0 saturated heterocycles. The zero-order valence-corrected chi connectivity index (χ0v) is 17.9. The van der Waals surface area contributed by atoms with Gasteiger partial charge in [-0.25, -0.2) is 14.5 Å². The van der Waals surface area contributed by atoms with Crippen LogP contribution in [0.5, 0.6) is 0 Å². The van der Waals surface area contributed by atoms with Crippen LogP contribution in [0.3, 0.4) is 0 Å². The highest BCUT2D eigenvalue weighted by molar-refractivity contribution is 7.99. The Balaban J connectivity index is 1.36. The molecule has 3 heterocycles. The summed E-state index contributed by atoms with van der Waals surface area (Å²) < 4.78 is 17.2. The van der Waals surface area contributed by atoms with Crippen molar-refractivity contribution in [2.24, 2.45) is 0 Å². The molecule has 0 unspecified atom stereocenters. The van der Waals surface area contributed by atoms with E-state index in [9.17, 15) is 9.18 Å². The number of aromatic amines is 1. The summed E-state index contributed by atoms with van der Waals surface area (Å²) in [7, 11) is 0. The van der Waals surface area contributed by atoms with Crippen molar-refractivity contribution in [3.8, 4) is 0 Å². The predicted octanol–water partition coefficient (Wildman–Crippen LogP) is 4.79. The molecule has 3 aromatic heterocycles. The zero-order valence-electron chi connectivity index (χ0n) is 17.1. The molecule has 1 N–H and O–H groups in total. The standard InChI is InChI=1S/C23H20FN5OS/c1-14-11-18(15(2)28(14)12-16-7-9-17(24)10-8-16)21(30)13-31-23-27-26-22-25-19-5-3-4-6-20(19)29(22)23/h3-11H,12-13H2,1-2H3,(H,25,26). The summed E-state index contributed by atoms with van der Waals surface area (Å²) >= 11 is 1.39. The van der Waals surface area contributed by atoms with Crippen LogP contribution in [0, 0.1) is 19.7 Å². The number of rotatable bonds is 6. The number of nitrogens with zero attached hydrogens (tertiary/aromatic N) is 4. The second-order valence-corrected chi connectivity index (χ2v) is 8.42. The number of thioether (sulfide) groups is 1. The number of aromatic nitrogens is 5. The van der Waals surface area contributed by atoms with Crippen molar-refractivity contribution in [2.75, 3.05) is 5.75 Å². The van der Waals surface area contributed by atoms with Gasteiger partial charge in [-0.1, -0.05) is 36.0 Å². The van der Waals surface area contributed by atoms with E-state index in [4.69, 9.17) is 0 Å². The van der Waals surface area contributed by atoms with Gasteiger partial charge in [0.05, 0.1) is 16.8 Å². The van der Waals surface area contributed by atoms with E-state index in [0.29, 0.717) is 23.0 Å². The highest BCUT2D eigenvalue weighted by Gasteiger charge is 2.18. The van der Waals surface area contributed by atoms with Crippen molar-refractivity contribution in [1.82, 2.24) is 24.1 Å². The molecular formula is C23H20FN5OS. The third kappa shape index (κ3) is 3.53. The normalized spacial score (nSPS) is 11.6. The number of carbonyl (C=O) groups excluding carboxylic acids is 1. The van der Waals surface area contributed by atoms with Gasteiger partial charge in [-0.3, -0.25) is 9.20 Å². The molecule has 0 saturated carbocycles. The number of Topliss-reactive ketones (excluding diaryl/α,β-unsaturated/α-hetero) is 1. The van der Waals surface area contributed by atoms with Gasteiger partial charge in [0.2, 0.25) is 5.78 Å². The molecule has 0 aliphatic rings. The Hall–Kier alpha value is -3.39. The Bertz CT molecular complexity index is 1410. The van der Waals surface area contributed by atoms with Crippen molar-refractivity contribution in [3.63, 3.8) is 0 Å². The Kier molecular flexibility index (Phi) is 4.86. The van der Waals surface area contributed by atoms with E-state index < -0.39 is 0 Å². The minimum absolute atomic E-state index is 0.0454. The lowest BCUT2D eigenvalue weighted by molar-refractivity contribution is 0.102. The van der Waals surface area contributed by atoms with Gasteiger partial charge in [0.15, 0.2) is 10.9 Å². The molecule has 31 heavy (non-hydrogen) atoms. The molecular weight excluding hydrogens is 413 g/mol. The molecule has 0 radical (unpaired) electrons. The van der Waals surface area contributed by atoms with E-state index in [1.165, 1.54) is 23.9 Å². The first-order valence-electron chi connectivity index (χ1n) is 9.90. The molecule has 8 heteroatoms.